The minimum absolute atomic E-state index is 0.324. The van der Waals surface area contributed by atoms with Crippen molar-refractivity contribution in [3.05, 3.63) is 28.5 Å². The van der Waals surface area contributed by atoms with E-state index in [4.69, 9.17) is 5.11 Å². The van der Waals surface area contributed by atoms with E-state index in [0.717, 1.165) is 0 Å². The molecule has 0 aromatic heterocycles. The first kappa shape index (κ1) is 10.5. The second-order valence-electron chi connectivity index (χ2n) is 2.85. The molecule has 0 saturated heterocycles. The topological polar surface area (TPSA) is 32.3 Å². The van der Waals surface area contributed by atoms with Crippen LogP contribution in [0.3, 0.4) is 0 Å². The fraction of sp³-hybridized carbons (Fsp3) is 0.333. The summed E-state index contributed by atoms with van der Waals surface area (Å²) in [6.07, 6.45) is -0.483. The highest BCUT2D eigenvalue weighted by Crippen LogP contribution is 2.18. The molecule has 0 bridgehead atoms. The summed E-state index contributed by atoms with van der Waals surface area (Å²) in [7, 11) is 0. The van der Waals surface area contributed by atoms with E-state index in [2.05, 4.69) is 21.2 Å². The van der Waals surface area contributed by atoms with Gasteiger partial charge in [-0.15, -0.1) is 0 Å². The predicted octanol–water partition coefficient (Wildman–Crippen LogP) is 2.38. The summed E-state index contributed by atoms with van der Waals surface area (Å²) in [6.45, 7) is 1.99. The largest absolute Gasteiger partial charge is 0.392 e. The molecule has 0 unspecified atom stereocenters. The lowest BCUT2D eigenvalue weighted by atomic mass is 10.3. The highest BCUT2D eigenvalue weighted by Gasteiger charge is 2.02. The summed E-state index contributed by atoms with van der Waals surface area (Å²) >= 11 is 3.16. The SMILES string of the molecule is C[C@@H](O)CNc1ccc(Br)cc1F. The van der Waals surface area contributed by atoms with Crippen molar-refractivity contribution < 1.29 is 9.50 Å². The first-order chi connectivity index (χ1) is 6.09. The van der Waals surface area contributed by atoms with Crippen molar-refractivity contribution in [1.82, 2.24) is 0 Å². The van der Waals surface area contributed by atoms with Gasteiger partial charge in [0.2, 0.25) is 0 Å². The summed E-state index contributed by atoms with van der Waals surface area (Å²) in [5.74, 6) is -0.324. The highest BCUT2D eigenvalue weighted by molar-refractivity contribution is 9.10. The molecule has 1 aromatic rings. The van der Waals surface area contributed by atoms with Crippen molar-refractivity contribution >= 4 is 21.6 Å². The Morgan fingerprint density at radius 1 is 1.62 bits per heavy atom. The van der Waals surface area contributed by atoms with E-state index >= 15 is 0 Å². The van der Waals surface area contributed by atoms with Crippen LogP contribution >= 0.6 is 15.9 Å². The zero-order chi connectivity index (χ0) is 9.84. The van der Waals surface area contributed by atoms with Gasteiger partial charge in [-0.1, -0.05) is 15.9 Å². The van der Waals surface area contributed by atoms with Crippen LogP contribution in [0.5, 0.6) is 0 Å². The zero-order valence-electron chi connectivity index (χ0n) is 7.22. The average molecular weight is 248 g/mol. The van der Waals surface area contributed by atoms with E-state index in [1.54, 1.807) is 19.1 Å². The maximum absolute atomic E-state index is 13.1. The third-order valence-electron chi connectivity index (χ3n) is 1.52. The molecule has 1 rings (SSSR count). The molecule has 2 N–H and O–H groups in total. The molecule has 1 atom stereocenters. The van der Waals surface area contributed by atoms with Crippen LogP contribution in [0, 0.1) is 5.82 Å². The Hall–Kier alpha value is -0.610. The lowest BCUT2D eigenvalue weighted by Gasteiger charge is -2.09. The standard InChI is InChI=1S/C9H11BrFNO/c1-6(13)5-12-9-3-2-7(10)4-8(9)11/h2-4,6,12-13H,5H2,1H3/t6-/m1/s1. The van der Waals surface area contributed by atoms with Gasteiger partial charge in [-0.05, 0) is 25.1 Å². The van der Waals surface area contributed by atoms with Crippen LogP contribution in [-0.2, 0) is 0 Å². The van der Waals surface area contributed by atoms with Gasteiger partial charge in [0.15, 0.2) is 0 Å². The van der Waals surface area contributed by atoms with Crippen LogP contribution in [0.2, 0.25) is 0 Å². The molecule has 2 nitrogen and oxygen atoms in total. The van der Waals surface area contributed by atoms with E-state index < -0.39 is 6.10 Å². The van der Waals surface area contributed by atoms with Crippen molar-refractivity contribution in [3.8, 4) is 0 Å². The molecule has 0 fully saturated rings. The van der Waals surface area contributed by atoms with Crippen LogP contribution in [0.15, 0.2) is 22.7 Å². The smallest absolute Gasteiger partial charge is 0.147 e. The summed E-state index contributed by atoms with van der Waals surface area (Å²) in [6, 6.07) is 4.75. The third kappa shape index (κ3) is 3.32. The van der Waals surface area contributed by atoms with Gasteiger partial charge in [0, 0.05) is 11.0 Å². The van der Waals surface area contributed by atoms with Gasteiger partial charge in [0.1, 0.15) is 5.82 Å². The number of rotatable bonds is 3. The van der Waals surface area contributed by atoms with Crippen molar-refractivity contribution in [2.45, 2.75) is 13.0 Å². The van der Waals surface area contributed by atoms with Crippen LogP contribution < -0.4 is 5.32 Å². The number of aliphatic hydroxyl groups is 1. The van der Waals surface area contributed by atoms with Crippen LogP contribution in [-0.4, -0.2) is 17.8 Å². The van der Waals surface area contributed by atoms with Crippen LogP contribution in [0.4, 0.5) is 10.1 Å². The predicted molar refractivity (Wildman–Crippen MR) is 54.3 cm³/mol. The summed E-state index contributed by atoms with van der Waals surface area (Å²) in [5, 5.41) is 11.8. The first-order valence-corrected chi connectivity index (χ1v) is 4.76. The monoisotopic (exact) mass is 247 g/mol. The maximum atomic E-state index is 13.1. The Morgan fingerprint density at radius 3 is 2.85 bits per heavy atom. The quantitative estimate of drug-likeness (QED) is 0.860. The molecule has 13 heavy (non-hydrogen) atoms. The molecule has 72 valence electrons. The number of halogens is 2. The molecule has 4 heteroatoms. The Kier molecular flexibility index (Phi) is 3.69. The molecule has 0 aliphatic carbocycles. The van der Waals surface area contributed by atoms with E-state index in [-0.39, 0.29) is 5.82 Å². The van der Waals surface area contributed by atoms with Crippen LogP contribution in [0.25, 0.3) is 0 Å². The van der Waals surface area contributed by atoms with Crippen molar-refractivity contribution in [2.24, 2.45) is 0 Å². The lowest BCUT2D eigenvalue weighted by molar-refractivity contribution is 0.208. The Balaban J connectivity index is 2.67. The molecular formula is C9H11BrFNO. The molecule has 0 amide bonds. The van der Waals surface area contributed by atoms with Gasteiger partial charge >= 0.3 is 0 Å². The van der Waals surface area contributed by atoms with Gasteiger partial charge in [-0.25, -0.2) is 4.39 Å². The Bertz CT molecular complexity index is 291. The van der Waals surface area contributed by atoms with E-state index in [0.29, 0.717) is 16.7 Å². The van der Waals surface area contributed by atoms with Gasteiger partial charge in [-0.2, -0.15) is 0 Å². The van der Waals surface area contributed by atoms with Crippen LogP contribution in [0.1, 0.15) is 6.92 Å². The van der Waals surface area contributed by atoms with Gasteiger partial charge in [0.05, 0.1) is 11.8 Å². The number of benzene rings is 1. The van der Waals surface area contributed by atoms with Crippen molar-refractivity contribution in [3.63, 3.8) is 0 Å². The number of anilines is 1. The zero-order valence-corrected chi connectivity index (χ0v) is 8.81. The first-order valence-electron chi connectivity index (χ1n) is 3.96. The number of hydrogen-bond donors (Lipinski definition) is 2. The Labute approximate surface area is 84.9 Å². The van der Waals surface area contributed by atoms with E-state index in [9.17, 15) is 4.39 Å². The molecule has 0 aliphatic heterocycles. The second-order valence-corrected chi connectivity index (χ2v) is 3.77. The van der Waals surface area contributed by atoms with Crippen molar-refractivity contribution in [2.75, 3.05) is 11.9 Å². The summed E-state index contributed by atoms with van der Waals surface area (Å²) in [4.78, 5) is 0. The minimum atomic E-state index is -0.483. The van der Waals surface area contributed by atoms with E-state index in [1.807, 2.05) is 0 Å². The number of hydrogen-bond acceptors (Lipinski definition) is 2. The molecular weight excluding hydrogens is 237 g/mol. The fourth-order valence-corrected chi connectivity index (χ4v) is 1.22. The van der Waals surface area contributed by atoms with Gasteiger partial charge in [-0.3, -0.25) is 0 Å². The van der Waals surface area contributed by atoms with Gasteiger partial charge in [0.25, 0.3) is 0 Å². The molecule has 0 saturated carbocycles. The molecule has 1 aromatic carbocycles. The summed E-state index contributed by atoms with van der Waals surface area (Å²) in [5.41, 5.74) is 0.407. The lowest BCUT2D eigenvalue weighted by Crippen LogP contribution is -2.15. The second kappa shape index (κ2) is 4.58. The highest BCUT2D eigenvalue weighted by atomic mass is 79.9. The number of nitrogens with one attached hydrogen (secondary N) is 1. The average Bonchev–Trinajstić information content (AvgIpc) is 2.02. The maximum Gasteiger partial charge on any atom is 0.147 e. The fourth-order valence-electron chi connectivity index (χ4n) is 0.891. The summed E-state index contributed by atoms with van der Waals surface area (Å²) < 4.78 is 13.8. The Morgan fingerprint density at radius 2 is 2.31 bits per heavy atom. The molecule has 0 aliphatic rings. The molecule has 0 heterocycles. The molecule has 0 spiro atoms. The van der Waals surface area contributed by atoms with Gasteiger partial charge < -0.3 is 10.4 Å². The molecule has 0 radical (unpaired) electrons. The number of aliphatic hydroxyl groups excluding tert-OH is 1. The normalized spacial score (nSPS) is 12.6. The van der Waals surface area contributed by atoms with E-state index in [1.165, 1.54) is 6.07 Å². The minimum Gasteiger partial charge on any atom is -0.392 e. The van der Waals surface area contributed by atoms with Crippen molar-refractivity contribution in [1.29, 1.82) is 0 Å². The third-order valence-corrected chi connectivity index (χ3v) is 2.01.